The molecule has 0 bridgehead atoms. The van der Waals surface area contributed by atoms with Crippen LogP contribution in [-0.2, 0) is 23.7 Å². The molecule has 0 radical (unpaired) electrons. The fourth-order valence-corrected chi connectivity index (χ4v) is 3.14. The lowest BCUT2D eigenvalue weighted by atomic mass is 10.0. The smallest absolute Gasteiger partial charge is 0.333 e. The zero-order chi connectivity index (χ0) is 24.4. The van der Waals surface area contributed by atoms with Gasteiger partial charge in [0.2, 0.25) is 5.88 Å². The minimum absolute atomic E-state index is 0.123. The van der Waals surface area contributed by atoms with E-state index in [1.165, 1.54) is 64.9 Å². The summed E-state index contributed by atoms with van der Waals surface area (Å²) in [5.74, 6) is -2.00. The van der Waals surface area contributed by atoms with E-state index in [-0.39, 0.29) is 11.1 Å². The van der Waals surface area contributed by atoms with Gasteiger partial charge >= 0.3 is 11.7 Å². The number of aromatic nitrogens is 3. The Morgan fingerprint density at radius 1 is 0.909 bits per heavy atom. The summed E-state index contributed by atoms with van der Waals surface area (Å²) >= 11 is 0. The van der Waals surface area contributed by atoms with Crippen molar-refractivity contribution in [2.45, 2.75) is 0 Å². The summed E-state index contributed by atoms with van der Waals surface area (Å²) in [5.41, 5.74) is -0.627. The summed E-state index contributed by atoms with van der Waals surface area (Å²) in [6, 6.07) is 2.60. The maximum absolute atomic E-state index is 12.5. The lowest BCUT2D eigenvalue weighted by Crippen LogP contribution is -2.52. The van der Waals surface area contributed by atoms with Gasteiger partial charge in [-0.2, -0.15) is 0 Å². The molecular weight excluding hydrogens is 430 g/mol. The maximum Gasteiger partial charge on any atom is 0.333 e. The third-order valence-electron chi connectivity index (χ3n) is 5.18. The monoisotopic (exact) mass is 451 g/mol. The number of hydrogen-bond acceptors (Lipinski definition) is 7. The molecule has 1 N–H and O–H groups in total. The standard InChI is InChI=1S/C22H21N5O6/c1-24-17(28)15(18(29)25(2)21(24)32)7-5-13(14-9-11-23-12-10-14)6-8-16-19(30)26(3)22(33)27(4)20(16)31/h5-12,28H,1-4H3. The molecule has 4 amide bonds. The number of nitrogens with zero attached hydrogens (tertiary/aromatic N) is 5. The van der Waals surface area contributed by atoms with Crippen LogP contribution < -0.4 is 11.2 Å². The first-order chi connectivity index (χ1) is 15.6. The molecule has 170 valence electrons. The summed E-state index contributed by atoms with van der Waals surface area (Å²) in [7, 11) is 5.16. The first kappa shape index (κ1) is 23.1. The van der Waals surface area contributed by atoms with Crippen molar-refractivity contribution in [2.24, 2.45) is 14.1 Å². The van der Waals surface area contributed by atoms with E-state index in [9.17, 15) is 29.1 Å². The Kier molecular flexibility index (Phi) is 6.24. The van der Waals surface area contributed by atoms with Gasteiger partial charge in [-0.15, -0.1) is 0 Å². The zero-order valence-electron chi connectivity index (χ0n) is 18.3. The van der Waals surface area contributed by atoms with Crippen molar-refractivity contribution in [3.63, 3.8) is 0 Å². The van der Waals surface area contributed by atoms with Crippen molar-refractivity contribution in [2.75, 3.05) is 14.1 Å². The zero-order valence-corrected chi connectivity index (χ0v) is 18.3. The van der Waals surface area contributed by atoms with Gasteiger partial charge in [-0.05, 0) is 35.4 Å². The molecule has 1 saturated heterocycles. The second-order valence-corrected chi connectivity index (χ2v) is 7.23. The molecule has 2 aromatic rings. The van der Waals surface area contributed by atoms with Crippen LogP contribution in [0.5, 0.6) is 5.88 Å². The molecule has 33 heavy (non-hydrogen) atoms. The number of aromatic hydroxyl groups is 1. The second kappa shape index (κ2) is 8.91. The number of pyridine rings is 1. The average molecular weight is 451 g/mol. The molecule has 0 aliphatic carbocycles. The van der Waals surface area contributed by atoms with Crippen molar-refractivity contribution >= 4 is 29.5 Å². The number of carbonyl (C=O) groups is 3. The van der Waals surface area contributed by atoms with E-state index < -0.39 is 35.0 Å². The molecule has 11 nitrogen and oxygen atoms in total. The van der Waals surface area contributed by atoms with Crippen LogP contribution in [0.15, 0.2) is 57.9 Å². The molecule has 0 spiro atoms. The molecule has 0 aromatic carbocycles. The Balaban J connectivity index is 2.13. The fraction of sp³-hybridized carbons (Fsp3) is 0.182. The molecule has 0 saturated carbocycles. The lowest BCUT2D eigenvalue weighted by Gasteiger charge is -2.28. The molecule has 0 atom stereocenters. The first-order valence-corrected chi connectivity index (χ1v) is 9.65. The number of barbiturate groups is 1. The maximum atomic E-state index is 12.5. The number of imide groups is 2. The summed E-state index contributed by atoms with van der Waals surface area (Å²) in [6.45, 7) is 0. The molecule has 3 rings (SSSR count). The van der Waals surface area contributed by atoms with Gasteiger partial charge in [0.25, 0.3) is 17.4 Å². The molecule has 1 fully saturated rings. The molecular formula is C22H21N5O6. The number of carbonyl (C=O) groups excluding carboxylic acids is 3. The van der Waals surface area contributed by atoms with Crippen molar-refractivity contribution in [1.29, 1.82) is 0 Å². The third kappa shape index (κ3) is 4.15. The van der Waals surface area contributed by atoms with Gasteiger partial charge in [0.1, 0.15) is 11.1 Å². The minimum Gasteiger partial charge on any atom is -0.494 e. The molecule has 0 unspecified atom stereocenters. The van der Waals surface area contributed by atoms with E-state index in [0.717, 1.165) is 18.9 Å². The van der Waals surface area contributed by atoms with E-state index in [0.29, 0.717) is 11.1 Å². The molecule has 3 heterocycles. The highest BCUT2D eigenvalue weighted by molar-refractivity contribution is 6.28. The highest BCUT2D eigenvalue weighted by Crippen LogP contribution is 2.21. The number of allylic oxidation sites excluding steroid dienone is 4. The van der Waals surface area contributed by atoms with Crippen LogP contribution in [0.4, 0.5) is 4.79 Å². The van der Waals surface area contributed by atoms with Gasteiger partial charge < -0.3 is 5.11 Å². The number of amides is 4. The number of hydrogen-bond donors (Lipinski definition) is 1. The van der Waals surface area contributed by atoms with Crippen LogP contribution in [0.1, 0.15) is 11.1 Å². The van der Waals surface area contributed by atoms with Gasteiger partial charge in [0.05, 0.1) is 0 Å². The molecule has 2 aromatic heterocycles. The van der Waals surface area contributed by atoms with E-state index in [4.69, 9.17) is 0 Å². The lowest BCUT2D eigenvalue weighted by molar-refractivity contribution is -0.134. The number of likely N-dealkylation sites (N-methyl/N-ethyl adjacent to an activating group) is 2. The van der Waals surface area contributed by atoms with Crippen molar-refractivity contribution in [3.8, 4) is 5.88 Å². The van der Waals surface area contributed by atoms with Gasteiger partial charge in [0, 0.05) is 40.6 Å². The van der Waals surface area contributed by atoms with E-state index in [1.807, 2.05) is 0 Å². The van der Waals surface area contributed by atoms with Gasteiger partial charge in [0.15, 0.2) is 0 Å². The van der Waals surface area contributed by atoms with Crippen LogP contribution >= 0.6 is 0 Å². The van der Waals surface area contributed by atoms with Crippen LogP contribution in [0, 0.1) is 0 Å². The van der Waals surface area contributed by atoms with E-state index in [2.05, 4.69) is 4.98 Å². The quantitative estimate of drug-likeness (QED) is 0.400. The highest BCUT2D eigenvalue weighted by atomic mass is 16.3. The second-order valence-electron chi connectivity index (χ2n) is 7.23. The first-order valence-electron chi connectivity index (χ1n) is 9.65. The number of rotatable bonds is 4. The Hall–Kier alpha value is -4.54. The normalized spacial score (nSPS) is 15.1. The average Bonchev–Trinajstić information content (AvgIpc) is 2.82. The van der Waals surface area contributed by atoms with Crippen LogP contribution in [0.2, 0.25) is 0 Å². The van der Waals surface area contributed by atoms with Gasteiger partial charge in [-0.3, -0.25) is 38.3 Å². The Bertz CT molecular complexity index is 1340. The topological polar surface area (TPSA) is 135 Å². The SMILES string of the molecule is CN1C(=O)C(=CC=C(C=Cc2c(O)n(C)c(=O)n(C)c2=O)c2ccncc2)C(=O)N(C)C1=O. The van der Waals surface area contributed by atoms with Crippen LogP contribution in [0.25, 0.3) is 11.6 Å². The predicted molar refractivity (Wildman–Crippen MR) is 119 cm³/mol. The third-order valence-corrected chi connectivity index (χ3v) is 5.18. The number of urea groups is 1. The van der Waals surface area contributed by atoms with E-state index >= 15 is 0 Å². The Morgan fingerprint density at radius 3 is 2.06 bits per heavy atom. The summed E-state index contributed by atoms with van der Waals surface area (Å²) < 4.78 is 1.79. The van der Waals surface area contributed by atoms with Crippen LogP contribution in [-0.4, -0.2) is 61.0 Å². The Labute approximate surface area is 187 Å². The van der Waals surface area contributed by atoms with Crippen LogP contribution in [0.3, 0.4) is 0 Å². The Morgan fingerprint density at radius 2 is 1.48 bits per heavy atom. The largest absolute Gasteiger partial charge is 0.494 e. The molecule has 1 aliphatic heterocycles. The van der Waals surface area contributed by atoms with Gasteiger partial charge in [-0.1, -0.05) is 12.2 Å². The van der Waals surface area contributed by atoms with Crippen molar-refractivity contribution in [1.82, 2.24) is 23.9 Å². The fourth-order valence-electron chi connectivity index (χ4n) is 3.14. The molecule has 1 aliphatic rings. The summed E-state index contributed by atoms with van der Waals surface area (Å²) in [5, 5.41) is 10.3. The summed E-state index contributed by atoms with van der Waals surface area (Å²) in [4.78, 5) is 66.8. The highest BCUT2D eigenvalue weighted by Gasteiger charge is 2.37. The van der Waals surface area contributed by atoms with Gasteiger partial charge in [-0.25, -0.2) is 9.59 Å². The molecule has 11 heteroatoms. The van der Waals surface area contributed by atoms with E-state index in [1.54, 1.807) is 12.1 Å². The minimum atomic E-state index is -0.748. The summed E-state index contributed by atoms with van der Waals surface area (Å²) in [6.07, 6.45) is 8.63. The van der Waals surface area contributed by atoms with Crippen molar-refractivity contribution in [3.05, 3.63) is 80.3 Å². The predicted octanol–water partition coefficient (Wildman–Crippen LogP) is 0.258. The van der Waals surface area contributed by atoms with Crippen molar-refractivity contribution < 1.29 is 19.5 Å².